The van der Waals surface area contributed by atoms with Crippen LogP contribution in [0.3, 0.4) is 0 Å². The summed E-state index contributed by atoms with van der Waals surface area (Å²) >= 11 is 6.04. The van der Waals surface area contributed by atoms with Gasteiger partial charge < -0.3 is 9.84 Å². The molecule has 0 unspecified atom stereocenters. The topological polar surface area (TPSA) is 80.5 Å². The molecule has 0 fully saturated rings. The summed E-state index contributed by atoms with van der Waals surface area (Å²) < 4.78 is 6.89. The second-order valence-corrected chi connectivity index (χ2v) is 5.96. The van der Waals surface area contributed by atoms with Crippen LogP contribution in [0.4, 0.5) is 5.69 Å². The summed E-state index contributed by atoms with van der Waals surface area (Å²) in [6.07, 6.45) is 1.67. The zero-order valence-corrected chi connectivity index (χ0v) is 13.7. The number of halogens is 1. The molecule has 3 aromatic rings. The van der Waals surface area contributed by atoms with Crippen molar-refractivity contribution in [1.29, 1.82) is 0 Å². The summed E-state index contributed by atoms with van der Waals surface area (Å²) in [5, 5.41) is 18.5. The molecule has 0 atom stereocenters. The minimum Gasteiger partial charge on any atom is -0.506 e. The standard InChI is InChI=1S/C17H13ClN4O3/c18-11-5-6-16-14(7-11)21(17(24)10-25-16)8-12-9-22(20-19-12)13-3-1-2-4-15(13)23/h1-7,9,23H,8,10H2. The smallest absolute Gasteiger partial charge is 0.265 e. The number of hydrogen-bond acceptors (Lipinski definition) is 5. The van der Waals surface area contributed by atoms with Gasteiger partial charge in [0, 0.05) is 5.02 Å². The van der Waals surface area contributed by atoms with Gasteiger partial charge in [-0.05, 0) is 30.3 Å². The summed E-state index contributed by atoms with van der Waals surface area (Å²) in [4.78, 5) is 13.8. The average molecular weight is 357 g/mol. The Bertz CT molecular complexity index is 957. The van der Waals surface area contributed by atoms with E-state index in [4.69, 9.17) is 16.3 Å². The van der Waals surface area contributed by atoms with Gasteiger partial charge in [-0.25, -0.2) is 4.68 Å². The number of para-hydroxylation sites is 2. The zero-order valence-electron chi connectivity index (χ0n) is 13.0. The molecule has 126 valence electrons. The van der Waals surface area contributed by atoms with Crippen LogP contribution < -0.4 is 9.64 Å². The molecule has 1 aliphatic heterocycles. The quantitative estimate of drug-likeness (QED) is 0.780. The van der Waals surface area contributed by atoms with Crippen molar-refractivity contribution in [2.75, 3.05) is 11.5 Å². The number of carbonyl (C=O) groups excluding carboxylic acids is 1. The first-order valence-corrected chi connectivity index (χ1v) is 7.92. The van der Waals surface area contributed by atoms with Crippen LogP contribution in [0.25, 0.3) is 5.69 Å². The zero-order chi connectivity index (χ0) is 17.4. The predicted octanol–water partition coefficient (Wildman–Crippen LogP) is 2.55. The summed E-state index contributed by atoms with van der Waals surface area (Å²) in [6.45, 7) is 0.186. The number of phenolic OH excluding ortho intramolecular Hbond substituents is 1. The summed E-state index contributed by atoms with van der Waals surface area (Å²) in [6, 6.07) is 11.9. The minimum atomic E-state index is -0.188. The first-order chi connectivity index (χ1) is 12.1. The molecule has 0 saturated carbocycles. The number of rotatable bonds is 3. The van der Waals surface area contributed by atoms with Crippen LogP contribution in [0, 0.1) is 0 Å². The third kappa shape index (κ3) is 2.89. The molecule has 8 heteroatoms. The van der Waals surface area contributed by atoms with Crippen LogP contribution in [0.2, 0.25) is 5.02 Å². The monoisotopic (exact) mass is 356 g/mol. The summed E-state index contributed by atoms with van der Waals surface area (Å²) in [5.41, 5.74) is 1.68. The van der Waals surface area contributed by atoms with Crippen molar-refractivity contribution in [3.05, 3.63) is 59.4 Å². The van der Waals surface area contributed by atoms with E-state index in [9.17, 15) is 9.90 Å². The second-order valence-electron chi connectivity index (χ2n) is 5.52. The van der Waals surface area contributed by atoms with Gasteiger partial charge in [0.05, 0.1) is 18.4 Å². The van der Waals surface area contributed by atoms with Crippen LogP contribution in [-0.4, -0.2) is 32.6 Å². The van der Waals surface area contributed by atoms with Gasteiger partial charge >= 0.3 is 0 Å². The minimum absolute atomic E-state index is 0.0394. The molecule has 0 aliphatic carbocycles. The van der Waals surface area contributed by atoms with Crippen molar-refractivity contribution in [2.24, 2.45) is 0 Å². The van der Waals surface area contributed by atoms with Crippen LogP contribution >= 0.6 is 11.6 Å². The molecule has 7 nitrogen and oxygen atoms in total. The van der Waals surface area contributed by atoms with Gasteiger partial charge in [0.15, 0.2) is 6.61 Å². The van der Waals surface area contributed by atoms with E-state index in [1.165, 1.54) is 4.68 Å². The number of hydrogen-bond donors (Lipinski definition) is 1. The molecule has 1 aromatic heterocycles. The van der Waals surface area contributed by atoms with E-state index in [0.29, 0.717) is 27.8 Å². The van der Waals surface area contributed by atoms with Gasteiger partial charge in [-0.2, -0.15) is 0 Å². The molecule has 1 N–H and O–H groups in total. The van der Waals surface area contributed by atoms with E-state index in [-0.39, 0.29) is 24.8 Å². The molecule has 1 amide bonds. The number of anilines is 1. The number of aromatic hydroxyl groups is 1. The van der Waals surface area contributed by atoms with Gasteiger partial charge in [0.1, 0.15) is 22.9 Å². The van der Waals surface area contributed by atoms with E-state index in [0.717, 1.165) is 0 Å². The molecule has 25 heavy (non-hydrogen) atoms. The molecular weight excluding hydrogens is 344 g/mol. The Morgan fingerprint density at radius 3 is 2.88 bits per heavy atom. The Morgan fingerprint density at radius 2 is 2.04 bits per heavy atom. The third-order valence-corrected chi connectivity index (χ3v) is 4.09. The number of carbonyl (C=O) groups is 1. The molecule has 0 spiro atoms. The molecule has 2 aromatic carbocycles. The normalized spacial score (nSPS) is 13.5. The molecule has 0 saturated heterocycles. The lowest BCUT2D eigenvalue weighted by Crippen LogP contribution is -2.38. The number of aromatic nitrogens is 3. The van der Waals surface area contributed by atoms with Crippen molar-refractivity contribution >= 4 is 23.2 Å². The van der Waals surface area contributed by atoms with E-state index >= 15 is 0 Å². The highest BCUT2D eigenvalue weighted by Gasteiger charge is 2.26. The lowest BCUT2D eigenvalue weighted by molar-refractivity contribution is -0.121. The Balaban J connectivity index is 1.64. The largest absolute Gasteiger partial charge is 0.506 e. The number of nitrogens with zero attached hydrogens (tertiary/aromatic N) is 4. The first-order valence-electron chi connectivity index (χ1n) is 7.54. The molecule has 0 radical (unpaired) electrons. The summed E-state index contributed by atoms with van der Waals surface area (Å²) in [7, 11) is 0. The first kappa shape index (κ1) is 15.5. The maximum Gasteiger partial charge on any atom is 0.265 e. The van der Waals surface area contributed by atoms with Gasteiger partial charge in [0.25, 0.3) is 5.91 Å². The fourth-order valence-electron chi connectivity index (χ4n) is 2.66. The number of fused-ring (bicyclic) bond motifs is 1. The van der Waals surface area contributed by atoms with Crippen molar-refractivity contribution in [2.45, 2.75) is 6.54 Å². The van der Waals surface area contributed by atoms with Gasteiger partial charge in [0.2, 0.25) is 0 Å². The molecular formula is C17H13ClN4O3. The summed E-state index contributed by atoms with van der Waals surface area (Å²) in [5.74, 6) is 0.502. The SMILES string of the molecule is O=C1COc2ccc(Cl)cc2N1Cc1cn(-c2ccccc2O)nn1. The third-order valence-electron chi connectivity index (χ3n) is 3.85. The van der Waals surface area contributed by atoms with Crippen LogP contribution in [0.15, 0.2) is 48.7 Å². The fraction of sp³-hybridized carbons (Fsp3) is 0.118. The molecule has 2 heterocycles. The Kier molecular flexibility index (Phi) is 3.77. The van der Waals surface area contributed by atoms with Gasteiger partial charge in [-0.1, -0.05) is 28.9 Å². The highest BCUT2D eigenvalue weighted by atomic mass is 35.5. The second kappa shape index (κ2) is 6.10. The van der Waals surface area contributed by atoms with Gasteiger partial charge in [-0.15, -0.1) is 5.10 Å². The lowest BCUT2D eigenvalue weighted by atomic mass is 10.2. The average Bonchev–Trinajstić information content (AvgIpc) is 3.06. The fourth-order valence-corrected chi connectivity index (χ4v) is 2.82. The number of phenols is 1. The highest BCUT2D eigenvalue weighted by molar-refractivity contribution is 6.31. The predicted molar refractivity (Wildman–Crippen MR) is 91.2 cm³/mol. The van der Waals surface area contributed by atoms with Crippen molar-refractivity contribution in [1.82, 2.24) is 15.0 Å². The Hall–Kier alpha value is -3.06. The number of amides is 1. The van der Waals surface area contributed by atoms with Crippen LogP contribution in [0.5, 0.6) is 11.5 Å². The Labute approximate surface area is 148 Å². The van der Waals surface area contributed by atoms with E-state index in [1.807, 2.05) is 0 Å². The van der Waals surface area contributed by atoms with Crippen LogP contribution in [0.1, 0.15) is 5.69 Å². The van der Waals surface area contributed by atoms with Crippen molar-refractivity contribution < 1.29 is 14.6 Å². The molecule has 0 bridgehead atoms. The lowest BCUT2D eigenvalue weighted by Gasteiger charge is -2.28. The van der Waals surface area contributed by atoms with Crippen molar-refractivity contribution in [3.8, 4) is 17.2 Å². The molecule has 1 aliphatic rings. The van der Waals surface area contributed by atoms with Crippen LogP contribution in [-0.2, 0) is 11.3 Å². The maximum atomic E-state index is 12.3. The number of ether oxygens (including phenoxy) is 1. The molecule has 4 rings (SSSR count). The van der Waals surface area contributed by atoms with Gasteiger partial charge in [-0.3, -0.25) is 9.69 Å². The maximum absolute atomic E-state index is 12.3. The van der Waals surface area contributed by atoms with Crippen molar-refractivity contribution in [3.63, 3.8) is 0 Å². The highest BCUT2D eigenvalue weighted by Crippen LogP contribution is 2.35. The van der Waals surface area contributed by atoms with E-state index in [2.05, 4.69) is 10.3 Å². The number of benzene rings is 2. The van der Waals surface area contributed by atoms with E-state index < -0.39 is 0 Å². The Morgan fingerprint density at radius 1 is 1.20 bits per heavy atom. The van der Waals surface area contributed by atoms with E-state index in [1.54, 1.807) is 53.6 Å².